The molecule has 2 atom stereocenters. The van der Waals surface area contributed by atoms with Gasteiger partial charge in [0.1, 0.15) is 0 Å². The number of carbonyl (C=O) groups excluding carboxylic acids is 1. The fourth-order valence-corrected chi connectivity index (χ4v) is 6.39. The first-order valence-corrected chi connectivity index (χ1v) is 9.82. The Morgan fingerprint density at radius 3 is 2.57 bits per heavy atom. The molecule has 0 aromatic carbocycles. The van der Waals surface area contributed by atoms with Crippen molar-refractivity contribution < 1.29 is 13.2 Å². The number of thiophene rings is 1. The van der Waals surface area contributed by atoms with Crippen LogP contribution in [0.15, 0.2) is 17.5 Å². The molecule has 4 rings (SSSR count). The molecule has 0 bridgehead atoms. The van der Waals surface area contributed by atoms with Gasteiger partial charge < -0.3 is 4.90 Å². The molecule has 21 heavy (non-hydrogen) atoms. The van der Waals surface area contributed by atoms with Crippen LogP contribution in [0.2, 0.25) is 0 Å². The van der Waals surface area contributed by atoms with Crippen molar-refractivity contribution in [3.8, 4) is 0 Å². The van der Waals surface area contributed by atoms with Crippen LogP contribution < -0.4 is 0 Å². The summed E-state index contributed by atoms with van der Waals surface area (Å²) in [6, 6.07) is 3.78. The first kappa shape index (κ1) is 13.7. The van der Waals surface area contributed by atoms with Gasteiger partial charge in [0.15, 0.2) is 0 Å². The van der Waals surface area contributed by atoms with Crippen LogP contribution in [0.1, 0.15) is 35.4 Å². The van der Waals surface area contributed by atoms with Gasteiger partial charge in [0, 0.05) is 25.2 Å². The summed E-state index contributed by atoms with van der Waals surface area (Å²) in [6.45, 7) is 1.24. The molecule has 2 saturated heterocycles. The first-order chi connectivity index (χ1) is 10.1. The quantitative estimate of drug-likeness (QED) is 0.846. The molecule has 1 saturated carbocycles. The van der Waals surface area contributed by atoms with Crippen LogP contribution >= 0.6 is 11.3 Å². The van der Waals surface area contributed by atoms with E-state index in [0.717, 1.165) is 30.6 Å². The number of hydrogen-bond acceptors (Lipinski definition) is 4. The molecule has 2 aliphatic heterocycles. The zero-order valence-corrected chi connectivity index (χ0v) is 13.3. The predicted molar refractivity (Wildman–Crippen MR) is 80.8 cm³/mol. The van der Waals surface area contributed by atoms with Crippen molar-refractivity contribution in [1.29, 1.82) is 0 Å². The summed E-state index contributed by atoms with van der Waals surface area (Å²) in [5.41, 5.74) is 0. The highest BCUT2D eigenvalue weighted by molar-refractivity contribution is 7.90. The minimum Gasteiger partial charge on any atom is -0.333 e. The molecule has 1 amide bonds. The van der Waals surface area contributed by atoms with Crippen LogP contribution in [0.25, 0.3) is 0 Å². The van der Waals surface area contributed by atoms with E-state index in [2.05, 4.69) is 0 Å². The highest BCUT2D eigenvalue weighted by Crippen LogP contribution is 2.39. The van der Waals surface area contributed by atoms with E-state index in [1.807, 2.05) is 22.4 Å². The summed E-state index contributed by atoms with van der Waals surface area (Å²) in [7, 11) is -3.12. The molecule has 0 unspecified atom stereocenters. The molecule has 0 N–H and O–H groups in total. The van der Waals surface area contributed by atoms with Gasteiger partial charge in [-0.2, -0.15) is 4.31 Å². The largest absolute Gasteiger partial charge is 0.333 e. The highest BCUT2D eigenvalue weighted by atomic mass is 32.2. The molecule has 114 valence electrons. The minimum absolute atomic E-state index is 0.000452. The van der Waals surface area contributed by atoms with E-state index >= 15 is 0 Å². The molecule has 1 aromatic rings. The maximum Gasteiger partial charge on any atom is 0.264 e. The second-order valence-electron chi connectivity index (χ2n) is 6.04. The summed E-state index contributed by atoms with van der Waals surface area (Å²) in [6.07, 6.45) is 3.14. The van der Waals surface area contributed by atoms with E-state index in [1.165, 1.54) is 11.3 Å². The van der Waals surface area contributed by atoms with E-state index in [9.17, 15) is 13.2 Å². The van der Waals surface area contributed by atoms with Gasteiger partial charge >= 0.3 is 0 Å². The average molecular weight is 326 g/mol. The topological polar surface area (TPSA) is 57.7 Å². The van der Waals surface area contributed by atoms with E-state index < -0.39 is 10.0 Å². The lowest BCUT2D eigenvalue weighted by atomic mass is 10.1. The smallest absolute Gasteiger partial charge is 0.264 e. The van der Waals surface area contributed by atoms with Crippen LogP contribution in [0, 0.1) is 0 Å². The van der Waals surface area contributed by atoms with Crippen molar-refractivity contribution in [2.24, 2.45) is 0 Å². The number of likely N-dealkylation sites (tertiary alicyclic amines) is 1. The molecule has 1 aromatic heterocycles. The van der Waals surface area contributed by atoms with E-state index in [1.54, 1.807) is 4.31 Å². The Morgan fingerprint density at radius 1 is 1.14 bits per heavy atom. The number of carbonyl (C=O) groups is 1. The van der Waals surface area contributed by atoms with Gasteiger partial charge in [-0.05, 0) is 37.1 Å². The Kier molecular flexibility index (Phi) is 3.13. The molecule has 7 heteroatoms. The van der Waals surface area contributed by atoms with Crippen molar-refractivity contribution in [2.45, 2.75) is 43.0 Å². The van der Waals surface area contributed by atoms with E-state index in [0.29, 0.717) is 13.1 Å². The number of hydrogen-bond donors (Lipinski definition) is 0. The van der Waals surface area contributed by atoms with Gasteiger partial charge in [-0.25, -0.2) is 8.42 Å². The van der Waals surface area contributed by atoms with Crippen molar-refractivity contribution in [3.05, 3.63) is 22.4 Å². The normalized spacial score (nSPS) is 29.8. The molecule has 3 heterocycles. The molecule has 0 spiro atoms. The monoisotopic (exact) mass is 326 g/mol. The van der Waals surface area contributed by atoms with Gasteiger partial charge in [0.2, 0.25) is 10.0 Å². The fourth-order valence-electron chi connectivity index (χ4n) is 3.61. The molecule has 1 aliphatic carbocycles. The Labute approximate surface area is 128 Å². The van der Waals surface area contributed by atoms with Crippen molar-refractivity contribution >= 4 is 27.3 Å². The number of fused-ring (bicyclic) bond motifs is 1. The van der Waals surface area contributed by atoms with Crippen LogP contribution in [0.3, 0.4) is 0 Å². The van der Waals surface area contributed by atoms with Gasteiger partial charge in [0.25, 0.3) is 5.91 Å². The molecule has 0 radical (unpaired) electrons. The molecule has 3 aliphatic rings. The van der Waals surface area contributed by atoms with Crippen LogP contribution in [0.4, 0.5) is 0 Å². The molecule has 5 nitrogen and oxygen atoms in total. The number of amides is 1. The minimum atomic E-state index is -3.12. The Balaban J connectivity index is 1.55. The summed E-state index contributed by atoms with van der Waals surface area (Å²) in [4.78, 5) is 15.2. The lowest BCUT2D eigenvalue weighted by Gasteiger charge is -2.25. The average Bonchev–Trinajstić information content (AvgIpc) is 2.91. The number of nitrogens with zero attached hydrogens (tertiary/aromatic N) is 2. The van der Waals surface area contributed by atoms with Crippen LogP contribution in [-0.4, -0.2) is 54.0 Å². The first-order valence-electron chi connectivity index (χ1n) is 7.44. The zero-order chi connectivity index (χ0) is 14.6. The third kappa shape index (κ3) is 2.13. The van der Waals surface area contributed by atoms with Crippen molar-refractivity contribution in [2.75, 3.05) is 13.1 Å². The summed E-state index contributed by atoms with van der Waals surface area (Å²) >= 11 is 1.45. The summed E-state index contributed by atoms with van der Waals surface area (Å²) < 4.78 is 26.6. The predicted octanol–water partition coefficient (Wildman–Crippen LogP) is 1.53. The van der Waals surface area contributed by atoms with Crippen molar-refractivity contribution in [3.63, 3.8) is 0 Å². The molecular formula is C14H18N2O3S2. The van der Waals surface area contributed by atoms with E-state index in [4.69, 9.17) is 0 Å². The highest BCUT2D eigenvalue weighted by Gasteiger charge is 2.52. The number of rotatable bonds is 3. The van der Waals surface area contributed by atoms with Gasteiger partial charge in [0.05, 0.1) is 10.1 Å². The number of sulfonamides is 1. The maximum absolute atomic E-state index is 12.5. The van der Waals surface area contributed by atoms with Crippen LogP contribution in [-0.2, 0) is 10.0 Å². The van der Waals surface area contributed by atoms with Gasteiger partial charge in [-0.15, -0.1) is 11.3 Å². The van der Waals surface area contributed by atoms with Crippen LogP contribution in [0.5, 0.6) is 0 Å². The van der Waals surface area contributed by atoms with Crippen molar-refractivity contribution in [1.82, 2.24) is 9.21 Å². The third-order valence-corrected chi connectivity index (χ3v) is 8.07. The lowest BCUT2D eigenvalue weighted by Crippen LogP contribution is -2.42. The van der Waals surface area contributed by atoms with Gasteiger partial charge in [-0.1, -0.05) is 6.07 Å². The molecule has 3 fully saturated rings. The third-order valence-electron chi connectivity index (χ3n) is 4.79. The van der Waals surface area contributed by atoms with Gasteiger partial charge in [-0.3, -0.25) is 4.79 Å². The fraction of sp³-hybridized carbons (Fsp3) is 0.643. The standard InChI is InChI=1S/C14H18N2O3S2/c17-14(13-2-1-9-20-13)15-7-5-12-11(15)6-8-16(12)21(18,19)10-3-4-10/h1-2,9-12H,3-8H2/t11-,12+/m1/s1. The second kappa shape index (κ2) is 4.79. The summed E-state index contributed by atoms with van der Waals surface area (Å²) in [5, 5.41) is 1.75. The maximum atomic E-state index is 12.5. The SMILES string of the molecule is O=C(c1cccs1)N1CC[C@H]2[C@H]1CCN2S(=O)(=O)C1CC1. The Hall–Kier alpha value is -0.920. The Bertz CT molecular complexity index is 652. The zero-order valence-electron chi connectivity index (χ0n) is 11.6. The van der Waals surface area contributed by atoms with E-state index in [-0.39, 0.29) is 23.2 Å². The Morgan fingerprint density at radius 2 is 1.90 bits per heavy atom. The lowest BCUT2D eigenvalue weighted by molar-refractivity contribution is 0.0740. The molecular weight excluding hydrogens is 308 g/mol. The summed E-state index contributed by atoms with van der Waals surface area (Å²) in [5.74, 6) is 0.0585. The second-order valence-corrected chi connectivity index (χ2v) is 9.16.